The van der Waals surface area contributed by atoms with E-state index < -0.39 is 12.4 Å². The molecule has 8 nitrogen and oxygen atoms in total. The molecule has 1 fully saturated rings. The second-order valence-corrected chi connectivity index (χ2v) is 7.76. The first kappa shape index (κ1) is 24.3. The Labute approximate surface area is 196 Å². The van der Waals surface area contributed by atoms with Crippen LogP contribution in [-0.4, -0.2) is 54.7 Å². The molecule has 3 rings (SSSR count). The molecule has 0 saturated carbocycles. The van der Waals surface area contributed by atoms with Crippen LogP contribution in [0.2, 0.25) is 5.02 Å². The van der Waals surface area contributed by atoms with E-state index in [-0.39, 0.29) is 22.9 Å². The van der Waals surface area contributed by atoms with E-state index in [1.165, 1.54) is 31.5 Å². The van der Waals surface area contributed by atoms with Gasteiger partial charge < -0.3 is 30.5 Å². The highest BCUT2D eigenvalue weighted by Crippen LogP contribution is 2.36. The summed E-state index contributed by atoms with van der Waals surface area (Å²) in [6.45, 7) is 4.17. The Balaban J connectivity index is 1.89. The number of nitrogens with one attached hydrogen (secondary N) is 1. The van der Waals surface area contributed by atoms with Crippen molar-refractivity contribution in [3.05, 3.63) is 59.5 Å². The summed E-state index contributed by atoms with van der Waals surface area (Å²) >= 11 is 5.85. The Hall–Kier alpha value is -3.30. The summed E-state index contributed by atoms with van der Waals surface area (Å²) in [6, 6.07) is 7.49. The molecule has 0 spiro atoms. The van der Waals surface area contributed by atoms with E-state index in [4.69, 9.17) is 31.9 Å². The minimum Gasteiger partial charge on any atom is -0.493 e. The summed E-state index contributed by atoms with van der Waals surface area (Å²) in [7, 11) is 1.53. The fraction of sp³-hybridized carbons (Fsp3) is 0.304. The fourth-order valence-electron chi connectivity index (χ4n) is 3.51. The lowest BCUT2D eigenvalue weighted by molar-refractivity contribution is -0.135. The fourth-order valence-corrected chi connectivity index (χ4v) is 3.68. The molecule has 1 aliphatic heterocycles. The van der Waals surface area contributed by atoms with Crippen molar-refractivity contribution >= 4 is 34.7 Å². The highest BCUT2D eigenvalue weighted by atomic mass is 35.5. The molecule has 0 unspecified atom stereocenters. The number of carbonyl (C=O) groups is 1. The quantitative estimate of drug-likeness (QED) is 0.398. The minimum atomic E-state index is -0.546. The predicted molar refractivity (Wildman–Crippen MR) is 126 cm³/mol. The Bertz CT molecular complexity index is 1050. The van der Waals surface area contributed by atoms with Gasteiger partial charge >= 0.3 is 0 Å². The maximum absolute atomic E-state index is 13.5. The lowest BCUT2D eigenvalue weighted by atomic mass is 10.1. The number of methoxy groups -OCH3 is 1. The van der Waals surface area contributed by atoms with Crippen LogP contribution in [0.3, 0.4) is 0 Å². The average Bonchev–Trinajstić information content (AvgIpc) is 2.82. The van der Waals surface area contributed by atoms with E-state index in [9.17, 15) is 9.18 Å². The van der Waals surface area contributed by atoms with E-state index >= 15 is 0 Å². The summed E-state index contributed by atoms with van der Waals surface area (Å²) in [5.41, 5.74) is 7.79. The van der Waals surface area contributed by atoms with Crippen LogP contribution in [0.5, 0.6) is 11.5 Å². The second kappa shape index (κ2) is 11.0. The van der Waals surface area contributed by atoms with Gasteiger partial charge in [-0.1, -0.05) is 18.2 Å². The van der Waals surface area contributed by atoms with Crippen LogP contribution in [0, 0.1) is 5.82 Å². The number of piperidine rings is 1. The van der Waals surface area contributed by atoms with Crippen LogP contribution in [0.1, 0.15) is 18.4 Å². The van der Waals surface area contributed by atoms with Crippen molar-refractivity contribution in [3.8, 4) is 11.5 Å². The number of benzene rings is 2. The topological polar surface area (TPSA) is 109 Å². The molecule has 33 heavy (non-hydrogen) atoms. The van der Waals surface area contributed by atoms with Gasteiger partial charge in [-0.05, 0) is 30.5 Å². The normalized spacial score (nSPS) is 14.7. The summed E-state index contributed by atoms with van der Waals surface area (Å²) in [4.78, 5) is 17.7. The maximum Gasteiger partial charge on any atom is 0.248 e. The molecule has 0 radical (unpaired) electrons. The second-order valence-electron chi connectivity index (χ2n) is 7.35. The Kier molecular flexibility index (Phi) is 8.13. The van der Waals surface area contributed by atoms with Gasteiger partial charge in [0.05, 0.1) is 23.5 Å². The van der Waals surface area contributed by atoms with Crippen molar-refractivity contribution < 1.29 is 23.8 Å². The van der Waals surface area contributed by atoms with Crippen molar-refractivity contribution in [2.45, 2.75) is 18.9 Å². The van der Waals surface area contributed by atoms with Gasteiger partial charge in [-0.2, -0.15) is 0 Å². The maximum atomic E-state index is 13.5. The highest BCUT2D eigenvalue weighted by molar-refractivity contribution is 6.31. The first-order valence-electron chi connectivity index (χ1n) is 10.3. The molecule has 1 saturated heterocycles. The smallest absolute Gasteiger partial charge is 0.248 e. The van der Waals surface area contributed by atoms with Crippen molar-refractivity contribution in [2.75, 3.05) is 32.1 Å². The van der Waals surface area contributed by atoms with Crippen LogP contribution in [-0.2, 0) is 4.79 Å². The predicted octanol–water partition coefficient (Wildman–Crippen LogP) is 3.44. The number of aliphatic hydroxyl groups is 1. The molecule has 2 aromatic rings. The number of nitrogens with two attached hydrogens (primary N) is 1. The number of aliphatic imine (C=N–C) groups is 1. The third-order valence-corrected chi connectivity index (χ3v) is 5.50. The number of aliphatic hydroxyl groups excluding tert-OH is 1. The number of carbonyl (C=O) groups excluding carboxylic acids is 1. The number of halogens is 2. The third kappa shape index (κ3) is 5.94. The number of nitrogens with zero attached hydrogens (tertiary/aromatic N) is 2. The van der Waals surface area contributed by atoms with Crippen molar-refractivity contribution in [1.29, 1.82) is 0 Å². The van der Waals surface area contributed by atoms with E-state index in [0.29, 0.717) is 54.4 Å². The molecule has 1 amide bonds. The summed E-state index contributed by atoms with van der Waals surface area (Å²) in [5, 5.41) is 12.0. The van der Waals surface area contributed by atoms with Gasteiger partial charge in [0.2, 0.25) is 5.91 Å². The monoisotopic (exact) mass is 476 g/mol. The van der Waals surface area contributed by atoms with Crippen LogP contribution >= 0.6 is 11.6 Å². The van der Waals surface area contributed by atoms with Crippen LogP contribution in [0.15, 0.2) is 48.1 Å². The number of amidine groups is 1. The Morgan fingerprint density at radius 2 is 2.09 bits per heavy atom. The minimum absolute atomic E-state index is 0.0572. The number of amides is 1. The van der Waals surface area contributed by atoms with Gasteiger partial charge in [0.1, 0.15) is 24.4 Å². The van der Waals surface area contributed by atoms with Gasteiger partial charge in [-0.3, -0.25) is 4.79 Å². The number of ether oxygens (including phenoxy) is 2. The van der Waals surface area contributed by atoms with Gasteiger partial charge in [0.15, 0.2) is 11.5 Å². The van der Waals surface area contributed by atoms with Crippen LogP contribution in [0.4, 0.5) is 15.8 Å². The molecule has 1 heterocycles. The summed E-state index contributed by atoms with van der Waals surface area (Å²) < 4.78 is 25.2. The molecule has 2 aromatic carbocycles. The SMILES string of the molecule is C=CNc1cc(OC)c(OC2CCN(C(=O)CO)CC2)cc1C(N)=Nc1ccc(F)c(Cl)c1. The third-order valence-electron chi connectivity index (χ3n) is 5.21. The molecule has 1 aliphatic rings. The van der Waals surface area contributed by atoms with E-state index in [1.807, 2.05) is 0 Å². The van der Waals surface area contributed by atoms with Crippen LogP contribution in [0.25, 0.3) is 0 Å². The number of rotatable bonds is 8. The summed E-state index contributed by atoms with van der Waals surface area (Å²) in [6.07, 6.45) is 2.56. The lowest BCUT2D eigenvalue weighted by Crippen LogP contribution is -2.42. The standard InChI is InChI=1S/C23H26ClFN4O4/c1-3-27-19-12-20(32-2)21(33-15-6-8-29(9-7-15)22(31)13-30)11-16(19)23(26)28-14-4-5-18(25)17(24)10-14/h3-5,10-12,15,27,30H,1,6-9,13H2,2H3,(H2,26,28). The average molecular weight is 477 g/mol. The molecule has 4 N–H and O–H groups in total. The Morgan fingerprint density at radius 1 is 1.36 bits per heavy atom. The first-order chi connectivity index (χ1) is 15.9. The lowest BCUT2D eigenvalue weighted by Gasteiger charge is -2.32. The molecule has 0 aliphatic carbocycles. The number of anilines is 1. The zero-order valence-corrected chi connectivity index (χ0v) is 18.9. The van der Waals surface area contributed by atoms with Crippen molar-refractivity contribution in [1.82, 2.24) is 4.90 Å². The van der Waals surface area contributed by atoms with E-state index in [1.54, 1.807) is 17.0 Å². The molecular formula is C23H26ClFN4O4. The van der Waals surface area contributed by atoms with Gasteiger partial charge in [-0.15, -0.1) is 0 Å². The zero-order valence-electron chi connectivity index (χ0n) is 18.2. The van der Waals surface area contributed by atoms with Gasteiger partial charge in [0.25, 0.3) is 0 Å². The molecule has 10 heteroatoms. The number of hydrogen-bond acceptors (Lipinski definition) is 6. The molecule has 0 bridgehead atoms. The summed E-state index contributed by atoms with van der Waals surface area (Å²) in [5.74, 6) is 0.255. The molecule has 0 aromatic heterocycles. The van der Waals surface area contributed by atoms with Crippen molar-refractivity contribution in [2.24, 2.45) is 10.7 Å². The molecule has 176 valence electrons. The van der Waals surface area contributed by atoms with Gasteiger partial charge in [-0.25, -0.2) is 9.38 Å². The largest absolute Gasteiger partial charge is 0.493 e. The molecule has 0 atom stereocenters. The Morgan fingerprint density at radius 3 is 2.70 bits per heavy atom. The van der Waals surface area contributed by atoms with E-state index in [2.05, 4.69) is 16.9 Å². The number of likely N-dealkylation sites (tertiary alicyclic amines) is 1. The zero-order chi connectivity index (χ0) is 24.0. The van der Waals surface area contributed by atoms with Crippen molar-refractivity contribution in [3.63, 3.8) is 0 Å². The van der Waals surface area contributed by atoms with Crippen LogP contribution < -0.4 is 20.5 Å². The van der Waals surface area contributed by atoms with E-state index in [0.717, 1.165) is 0 Å². The van der Waals surface area contributed by atoms with Gasteiger partial charge in [0, 0.05) is 37.6 Å². The first-order valence-corrected chi connectivity index (χ1v) is 10.7. The number of hydrogen-bond donors (Lipinski definition) is 3. The molecular weight excluding hydrogens is 451 g/mol. The highest BCUT2D eigenvalue weighted by Gasteiger charge is 2.25.